The Morgan fingerprint density at radius 2 is 2.25 bits per heavy atom. The maximum Gasteiger partial charge on any atom is 0.323 e. The first-order valence-corrected chi connectivity index (χ1v) is 7.00. The highest BCUT2D eigenvalue weighted by atomic mass is 32.2. The molecule has 0 aliphatic carbocycles. The van der Waals surface area contributed by atoms with Crippen LogP contribution >= 0.6 is 11.8 Å². The Morgan fingerprint density at radius 3 is 2.81 bits per heavy atom. The second-order valence-electron chi connectivity index (χ2n) is 3.41. The van der Waals surface area contributed by atoms with Crippen LogP contribution in [-0.2, 0) is 9.53 Å². The largest absolute Gasteiger partial charge is 0.465 e. The quantitative estimate of drug-likeness (QED) is 0.447. The van der Waals surface area contributed by atoms with Crippen molar-refractivity contribution in [2.24, 2.45) is 0 Å². The van der Waals surface area contributed by atoms with Crippen molar-refractivity contribution < 1.29 is 14.6 Å². The molecule has 16 heavy (non-hydrogen) atoms. The number of esters is 1. The molecule has 96 valence electrons. The van der Waals surface area contributed by atoms with Crippen LogP contribution in [0.15, 0.2) is 0 Å². The summed E-state index contributed by atoms with van der Waals surface area (Å²) in [6.07, 6.45) is 1.77. The van der Waals surface area contributed by atoms with Crippen molar-refractivity contribution in [3.63, 3.8) is 0 Å². The van der Waals surface area contributed by atoms with Gasteiger partial charge >= 0.3 is 5.97 Å². The highest BCUT2D eigenvalue weighted by Gasteiger charge is 2.18. The number of aliphatic hydroxyl groups is 1. The van der Waals surface area contributed by atoms with Gasteiger partial charge in [0, 0.05) is 12.4 Å². The summed E-state index contributed by atoms with van der Waals surface area (Å²) in [6, 6.07) is -0.219. The number of hydrogen-bond acceptors (Lipinski definition) is 5. The molecule has 0 aliphatic heterocycles. The fourth-order valence-electron chi connectivity index (χ4n) is 1.14. The number of carbonyl (C=O) groups is 1. The maximum atomic E-state index is 11.6. The van der Waals surface area contributed by atoms with E-state index in [4.69, 9.17) is 9.84 Å². The Labute approximate surface area is 102 Å². The van der Waals surface area contributed by atoms with E-state index in [2.05, 4.69) is 12.2 Å². The predicted octanol–water partition coefficient (Wildman–Crippen LogP) is 1.03. The van der Waals surface area contributed by atoms with Gasteiger partial charge in [-0.1, -0.05) is 6.92 Å². The lowest BCUT2D eigenvalue weighted by Crippen LogP contribution is -2.40. The number of nitrogens with one attached hydrogen (secondary N) is 1. The molecule has 1 atom stereocenters. The van der Waals surface area contributed by atoms with Crippen LogP contribution in [0, 0.1) is 0 Å². The Morgan fingerprint density at radius 1 is 1.50 bits per heavy atom. The van der Waals surface area contributed by atoms with E-state index in [0.717, 1.165) is 25.1 Å². The molecule has 0 amide bonds. The fraction of sp³-hybridized carbons (Fsp3) is 0.909. The summed E-state index contributed by atoms with van der Waals surface area (Å²) in [5, 5.41) is 11.8. The van der Waals surface area contributed by atoms with E-state index < -0.39 is 0 Å². The molecule has 0 saturated heterocycles. The lowest BCUT2D eigenvalue weighted by molar-refractivity contribution is -0.144. The SMILES string of the molecule is CCCNC(CSCCCO)C(=O)OCC. The summed E-state index contributed by atoms with van der Waals surface area (Å²) in [5.41, 5.74) is 0. The minimum absolute atomic E-state index is 0.174. The van der Waals surface area contributed by atoms with Crippen LogP contribution in [0.4, 0.5) is 0 Å². The van der Waals surface area contributed by atoms with Crippen LogP contribution < -0.4 is 5.32 Å². The summed E-state index contributed by atoms with van der Waals surface area (Å²) in [7, 11) is 0. The lowest BCUT2D eigenvalue weighted by atomic mass is 10.3. The molecule has 0 aromatic rings. The van der Waals surface area contributed by atoms with Gasteiger partial charge in [-0.2, -0.15) is 11.8 Å². The van der Waals surface area contributed by atoms with Gasteiger partial charge in [0.05, 0.1) is 6.61 Å². The number of thioether (sulfide) groups is 1. The average molecular weight is 249 g/mol. The molecule has 0 rings (SSSR count). The summed E-state index contributed by atoms with van der Waals surface area (Å²) >= 11 is 1.67. The third kappa shape index (κ3) is 7.96. The zero-order valence-electron chi connectivity index (χ0n) is 10.2. The molecule has 0 bridgehead atoms. The second kappa shape index (κ2) is 11.2. The first kappa shape index (κ1) is 15.7. The van der Waals surface area contributed by atoms with Crippen LogP contribution in [0.5, 0.6) is 0 Å². The fourth-order valence-corrected chi connectivity index (χ4v) is 2.13. The van der Waals surface area contributed by atoms with E-state index in [1.807, 2.05) is 6.92 Å². The van der Waals surface area contributed by atoms with E-state index >= 15 is 0 Å². The van der Waals surface area contributed by atoms with Crippen LogP contribution in [0.1, 0.15) is 26.7 Å². The van der Waals surface area contributed by atoms with Crippen molar-refractivity contribution in [1.82, 2.24) is 5.32 Å². The van der Waals surface area contributed by atoms with Crippen LogP contribution in [0.2, 0.25) is 0 Å². The smallest absolute Gasteiger partial charge is 0.323 e. The van der Waals surface area contributed by atoms with Crippen molar-refractivity contribution >= 4 is 17.7 Å². The third-order valence-electron chi connectivity index (χ3n) is 1.94. The van der Waals surface area contributed by atoms with Crippen molar-refractivity contribution in [2.45, 2.75) is 32.7 Å². The van der Waals surface area contributed by atoms with E-state index in [-0.39, 0.29) is 18.6 Å². The standard InChI is InChI=1S/C11H23NO3S/c1-3-6-12-10(11(14)15-4-2)9-16-8-5-7-13/h10,12-13H,3-9H2,1-2H3. The number of rotatable bonds is 10. The monoisotopic (exact) mass is 249 g/mol. The molecule has 0 aromatic heterocycles. The molecule has 0 heterocycles. The molecule has 0 spiro atoms. The number of carbonyl (C=O) groups excluding carboxylic acids is 1. The predicted molar refractivity (Wildman–Crippen MR) is 67.7 cm³/mol. The van der Waals surface area contributed by atoms with Gasteiger partial charge in [-0.05, 0) is 32.1 Å². The van der Waals surface area contributed by atoms with Crippen LogP contribution in [0.25, 0.3) is 0 Å². The van der Waals surface area contributed by atoms with E-state index in [9.17, 15) is 4.79 Å². The molecule has 0 saturated carbocycles. The summed E-state index contributed by atoms with van der Waals surface area (Å²) < 4.78 is 4.99. The highest BCUT2D eigenvalue weighted by molar-refractivity contribution is 7.99. The molecule has 0 aromatic carbocycles. The molecular weight excluding hydrogens is 226 g/mol. The zero-order chi connectivity index (χ0) is 12.2. The Hall–Kier alpha value is -0.260. The minimum atomic E-state index is -0.219. The molecule has 0 fully saturated rings. The molecule has 0 radical (unpaired) electrons. The van der Waals surface area contributed by atoms with Gasteiger partial charge in [0.15, 0.2) is 0 Å². The summed E-state index contributed by atoms with van der Waals surface area (Å²) in [4.78, 5) is 11.6. The first-order chi connectivity index (χ1) is 7.76. The number of ether oxygens (including phenoxy) is 1. The van der Waals surface area contributed by atoms with Gasteiger partial charge in [0.2, 0.25) is 0 Å². The van der Waals surface area contributed by atoms with Crippen molar-refractivity contribution in [3.8, 4) is 0 Å². The van der Waals surface area contributed by atoms with Crippen LogP contribution in [0.3, 0.4) is 0 Å². The molecular formula is C11H23NO3S. The Kier molecular flexibility index (Phi) is 11.0. The van der Waals surface area contributed by atoms with Gasteiger partial charge in [0.25, 0.3) is 0 Å². The van der Waals surface area contributed by atoms with Crippen molar-refractivity contribution in [3.05, 3.63) is 0 Å². The summed E-state index contributed by atoms with van der Waals surface area (Å²) in [6.45, 7) is 5.33. The van der Waals surface area contributed by atoms with E-state index in [1.165, 1.54) is 0 Å². The zero-order valence-corrected chi connectivity index (χ0v) is 11.0. The Balaban J connectivity index is 3.84. The van der Waals surface area contributed by atoms with Gasteiger partial charge in [-0.15, -0.1) is 0 Å². The molecule has 0 aliphatic rings. The lowest BCUT2D eigenvalue weighted by Gasteiger charge is -2.16. The topological polar surface area (TPSA) is 58.6 Å². The van der Waals surface area contributed by atoms with Gasteiger partial charge in [-0.25, -0.2) is 0 Å². The normalized spacial score (nSPS) is 12.4. The minimum Gasteiger partial charge on any atom is -0.465 e. The van der Waals surface area contributed by atoms with E-state index in [0.29, 0.717) is 12.4 Å². The first-order valence-electron chi connectivity index (χ1n) is 5.84. The van der Waals surface area contributed by atoms with Gasteiger partial charge < -0.3 is 15.2 Å². The van der Waals surface area contributed by atoms with Gasteiger partial charge in [-0.3, -0.25) is 4.79 Å². The second-order valence-corrected chi connectivity index (χ2v) is 4.56. The number of aliphatic hydroxyl groups excluding tert-OH is 1. The number of hydrogen-bond donors (Lipinski definition) is 2. The van der Waals surface area contributed by atoms with Gasteiger partial charge in [0.1, 0.15) is 6.04 Å². The Bertz CT molecular complexity index is 179. The molecule has 5 heteroatoms. The van der Waals surface area contributed by atoms with Crippen molar-refractivity contribution in [2.75, 3.05) is 31.3 Å². The van der Waals surface area contributed by atoms with E-state index in [1.54, 1.807) is 11.8 Å². The molecule has 2 N–H and O–H groups in total. The highest BCUT2D eigenvalue weighted by Crippen LogP contribution is 2.06. The molecule has 4 nitrogen and oxygen atoms in total. The third-order valence-corrected chi connectivity index (χ3v) is 3.09. The van der Waals surface area contributed by atoms with Crippen molar-refractivity contribution in [1.29, 1.82) is 0 Å². The molecule has 1 unspecified atom stereocenters. The average Bonchev–Trinajstić information content (AvgIpc) is 2.28. The maximum absolute atomic E-state index is 11.6. The summed E-state index contributed by atoms with van der Waals surface area (Å²) in [5.74, 6) is 1.41. The van der Waals surface area contributed by atoms with Crippen LogP contribution in [-0.4, -0.2) is 48.4 Å².